The van der Waals surface area contributed by atoms with E-state index in [0.29, 0.717) is 5.95 Å². The summed E-state index contributed by atoms with van der Waals surface area (Å²) in [6.07, 6.45) is 10.1. The molecule has 4 aromatic rings. The van der Waals surface area contributed by atoms with E-state index in [2.05, 4.69) is 57.4 Å². The smallest absolute Gasteiger partial charge is 0.223 e. The highest BCUT2D eigenvalue weighted by atomic mass is 15.3. The van der Waals surface area contributed by atoms with Crippen molar-refractivity contribution in [1.82, 2.24) is 24.7 Å². The van der Waals surface area contributed by atoms with Crippen molar-refractivity contribution in [3.63, 3.8) is 0 Å². The van der Waals surface area contributed by atoms with Gasteiger partial charge in [-0.2, -0.15) is 5.10 Å². The Morgan fingerprint density at radius 1 is 1.04 bits per heavy atom. The molecular weight excluding hydrogens is 348 g/mol. The molecule has 0 saturated heterocycles. The van der Waals surface area contributed by atoms with E-state index in [1.54, 1.807) is 12.4 Å². The van der Waals surface area contributed by atoms with Gasteiger partial charge in [-0.25, -0.2) is 14.6 Å². The molecule has 1 atom stereocenters. The van der Waals surface area contributed by atoms with E-state index in [0.717, 1.165) is 23.4 Å². The molecule has 140 valence electrons. The summed E-state index contributed by atoms with van der Waals surface area (Å²) in [6.45, 7) is 4.19. The minimum atomic E-state index is 0.189. The second kappa shape index (κ2) is 8.00. The molecule has 6 nitrogen and oxygen atoms in total. The molecule has 6 heteroatoms. The second-order valence-corrected chi connectivity index (χ2v) is 6.84. The molecule has 1 aromatic carbocycles. The van der Waals surface area contributed by atoms with E-state index in [1.807, 2.05) is 47.5 Å². The maximum Gasteiger partial charge on any atom is 0.223 e. The summed E-state index contributed by atoms with van der Waals surface area (Å²) in [5.41, 5.74) is 5.20. The summed E-state index contributed by atoms with van der Waals surface area (Å²) in [6, 6.07) is 14.3. The molecule has 0 bridgehead atoms. The highest BCUT2D eigenvalue weighted by Gasteiger charge is 2.10. The van der Waals surface area contributed by atoms with Gasteiger partial charge in [-0.15, -0.1) is 0 Å². The molecular formula is C22H22N6. The summed E-state index contributed by atoms with van der Waals surface area (Å²) < 4.78 is 1.88. The fraction of sp³-hybridized carbons (Fsp3) is 0.182. The Morgan fingerprint density at radius 2 is 1.93 bits per heavy atom. The first-order chi connectivity index (χ1) is 13.7. The third kappa shape index (κ3) is 4.06. The number of pyridine rings is 1. The van der Waals surface area contributed by atoms with E-state index in [4.69, 9.17) is 0 Å². The predicted molar refractivity (Wildman–Crippen MR) is 110 cm³/mol. The van der Waals surface area contributed by atoms with Crippen LogP contribution in [0.25, 0.3) is 16.9 Å². The van der Waals surface area contributed by atoms with Crippen molar-refractivity contribution in [2.45, 2.75) is 26.3 Å². The maximum absolute atomic E-state index is 4.66. The number of rotatable bonds is 6. The number of aryl methyl sites for hydroxylation is 1. The molecule has 0 saturated carbocycles. The molecule has 4 rings (SSSR count). The Bertz CT molecular complexity index is 1060. The monoisotopic (exact) mass is 370 g/mol. The van der Waals surface area contributed by atoms with Gasteiger partial charge in [0.05, 0.1) is 17.6 Å². The van der Waals surface area contributed by atoms with Crippen LogP contribution in [-0.4, -0.2) is 30.8 Å². The number of hydrogen-bond donors (Lipinski definition) is 1. The minimum absolute atomic E-state index is 0.189. The van der Waals surface area contributed by atoms with Crippen LogP contribution in [0, 0.1) is 6.92 Å². The first kappa shape index (κ1) is 17.9. The number of hydrogen-bond acceptors (Lipinski definition) is 5. The first-order valence-electron chi connectivity index (χ1n) is 9.28. The summed E-state index contributed by atoms with van der Waals surface area (Å²) >= 11 is 0. The molecule has 28 heavy (non-hydrogen) atoms. The van der Waals surface area contributed by atoms with Crippen LogP contribution in [0.5, 0.6) is 0 Å². The molecule has 0 radical (unpaired) electrons. The molecule has 3 aromatic heterocycles. The van der Waals surface area contributed by atoms with Crippen LogP contribution >= 0.6 is 0 Å². The zero-order valence-corrected chi connectivity index (χ0v) is 15.9. The number of para-hydroxylation sites is 1. The third-order valence-corrected chi connectivity index (χ3v) is 4.54. The van der Waals surface area contributed by atoms with Crippen molar-refractivity contribution < 1.29 is 0 Å². The summed E-state index contributed by atoms with van der Waals surface area (Å²) in [4.78, 5) is 13.2. The lowest BCUT2D eigenvalue weighted by Crippen LogP contribution is -2.19. The van der Waals surface area contributed by atoms with Gasteiger partial charge in [0.2, 0.25) is 5.95 Å². The Balaban J connectivity index is 1.50. The van der Waals surface area contributed by atoms with Crippen molar-refractivity contribution in [1.29, 1.82) is 0 Å². The lowest BCUT2D eigenvalue weighted by atomic mass is 10.1. The Morgan fingerprint density at radius 3 is 2.75 bits per heavy atom. The number of nitrogens with one attached hydrogen (secondary N) is 1. The standard InChI is InChI=1S/C22H22N6/c1-16-6-3-4-8-21(16)28-15-19(14-25-28)20-9-11-24-22(27-20)26-17(2)12-18-7-5-10-23-13-18/h3-11,13-15,17H,12H2,1-2H3,(H,24,26,27)/t17-/m1/s1. The van der Waals surface area contributed by atoms with Crippen LogP contribution < -0.4 is 5.32 Å². The van der Waals surface area contributed by atoms with Crippen LogP contribution in [-0.2, 0) is 6.42 Å². The van der Waals surface area contributed by atoms with Gasteiger partial charge in [0.15, 0.2) is 0 Å². The van der Waals surface area contributed by atoms with Gasteiger partial charge in [0.1, 0.15) is 0 Å². The molecule has 0 amide bonds. The van der Waals surface area contributed by atoms with Crippen molar-refractivity contribution in [2.24, 2.45) is 0 Å². The van der Waals surface area contributed by atoms with Gasteiger partial charge in [-0.05, 0) is 49.6 Å². The molecule has 0 aliphatic carbocycles. The third-order valence-electron chi connectivity index (χ3n) is 4.54. The normalized spacial score (nSPS) is 11.9. The first-order valence-corrected chi connectivity index (χ1v) is 9.28. The van der Waals surface area contributed by atoms with Crippen LogP contribution in [0.3, 0.4) is 0 Å². The van der Waals surface area contributed by atoms with Crippen LogP contribution in [0.15, 0.2) is 73.4 Å². The average molecular weight is 370 g/mol. The minimum Gasteiger partial charge on any atom is -0.351 e. The SMILES string of the molecule is Cc1ccccc1-n1cc(-c2ccnc(N[C@H](C)Cc3cccnc3)n2)cn1. The number of aromatic nitrogens is 5. The van der Waals surface area contributed by atoms with Crippen molar-refractivity contribution in [2.75, 3.05) is 5.32 Å². The highest BCUT2D eigenvalue weighted by Crippen LogP contribution is 2.20. The zero-order valence-electron chi connectivity index (χ0n) is 15.9. The maximum atomic E-state index is 4.66. The van der Waals surface area contributed by atoms with Gasteiger partial charge < -0.3 is 5.32 Å². The molecule has 3 heterocycles. The van der Waals surface area contributed by atoms with Crippen LogP contribution in [0.2, 0.25) is 0 Å². The predicted octanol–water partition coefficient (Wildman–Crippen LogP) is 4.08. The van der Waals surface area contributed by atoms with E-state index >= 15 is 0 Å². The van der Waals surface area contributed by atoms with Gasteiger partial charge >= 0.3 is 0 Å². The molecule has 1 N–H and O–H groups in total. The van der Waals surface area contributed by atoms with E-state index in [1.165, 1.54) is 11.1 Å². The molecule has 0 aliphatic heterocycles. The van der Waals surface area contributed by atoms with Crippen LogP contribution in [0.4, 0.5) is 5.95 Å². The number of benzene rings is 1. The van der Waals surface area contributed by atoms with Crippen molar-refractivity contribution >= 4 is 5.95 Å². The summed E-state index contributed by atoms with van der Waals surface area (Å²) in [5.74, 6) is 0.609. The zero-order chi connectivity index (χ0) is 19.3. The van der Waals surface area contributed by atoms with Crippen molar-refractivity contribution in [3.05, 3.63) is 84.6 Å². The average Bonchev–Trinajstić information content (AvgIpc) is 3.19. The van der Waals surface area contributed by atoms with Gasteiger partial charge in [-0.1, -0.05) is 24.3 Å². The van der Waals surface area contributed by atoms with Gasteiger partial charge in [0, 0.05) is 36.4 Å². The van der Waals surface area contributed by atoms with Crippen molar-refractivity contribution in [3.8, 4) is 16.9 Å². The lowest BCUT2D eigenvalue weighted by Gasteiger charge is -2.13. The van der Waals surface area contributed by atoms with Crippen LogP contribution in [0.1, 0.15) is 18.1 Å². The van der Waals surface area contributed by atoms with Gasteiger partial charge in [0.25, 0.3) is 0 Å². The summed E-state index contributed by atoms with van der Waals surface area (Å²) in [5, 5.41) is 7.87. The summed E-state index contributed by atoms with van der Waals surface area (Å²) in [7, 11) is 0. The number of nitrogens with zero attached hydrogens (tertiary/aromatic N) is 5. The van der Waals surface area contributed by atoms with Gasteiger partial charge in [-0.3, -0.25) is 4.98 Å². The topological polar surface area (TPSA) is 68.5 Å². The fourth-order valence-electron chi connectivity index (χ4n) is 3.14. The number of anilines is 1. The van der Waals surface area contributed by atoms with E-state index in [-0.39, 0.29) is 6.04 Å². The highest BCUT2D eigenvalue weighted by molar-refractivity contribution is 5.59. The second-order valence-electron chi connectivity index (χ2n) is 6.84. The Kier molecular flexibility index (Phi) is 5.10. The van der Waals surface area contributed by atoms with E-state index < -0.39 is 0 Å². The Hall–Kier alpha value is -3.54. The molecule has 0 aliphatic rings. The molecule has 0 unspecified atom stereocenters. The molecule has 0 spiro atoms. The Labute approximate surface area is 164 Å². The fourth-order valence-corrected chi connectivity index (χ4v) is 3.14. The van der Waals surface area contributed by atoms with E-state index in [9.17, 15) is 0 Å². The quantitative estimate of drug-likeness (QED) is 0.554. The lowest BCUT2D eigenvalue weighted by molar-refractivity contribution is 0.774. The largest absolute Gasteiger partial charge is 0.351 e. The molecule has 0 fully saturated rings.